The van der Waals surface area contributed by atoms with Gasteiger partial charge in [0, 0.05) is 11.3 Å². The summed E-state index contributed by atoms with van der Waals surface area (Å²) in [6.45, 7) is 0.130. The number of nitrogens with one attached hydrogen (secondary N) is 2. The largest absolute Gasteiger partial charge is 0.508 e. The minimum Gasteiger partial charge on any atom is -0.508 e. The van der Waals surface area contributed by atoms with Crippen molar-refractivity contribution in [2.75, 3.05) is 11.9 Å². The average molecular weight is 248 g/mol. The molecule has 4 nitrogen and oxygen atoms in total. The summed E-state index contributed by atoms with van der Waals surface area (Å²) in [5.41, 5.74) is 0.638. The Balaban J connectivity index is 2.60. The van der Waals surface area contributed by atoms with E-state index in [1.54, 1.807) is 5.32 Å². The molecule has 1 rings (SSSR count). The molecule has 0 aliphatic rings. The second-order valence-electron chi connectivity index (χ2n) is 3.37. The molecule has 0 aliphatic heterocycles. The first-order valence-corrected chi connectivity index (χ1v) is 4.70. The smallest absolute Gasteiger partial charge is 0.405 e. The Morgan fingerprint density at radius 3 is 2.65 bits per heavy atom. The molecular formula is C10H11F3N2O2. The van der Waals surface area contributed by atoms with E-state index in [-0.39, 0.29) is 11.4 Å². The summed E-state index contributed by atoms with van der Waals surface area (Å²) in [4.78, 5) is 11.1. The van der Waals surface area contributed by atoms with Gasteiger partial charge in [0.05, 0.1) is 0 Å². The third kappa shape index (κ3) is 4.21. The molecule has 1 aromatic rings. The van der Waals surface area contributed by atoms with Crippen LogP contribution in [0.4, 0.5) is 23.7 Å². The van der Waals surface area contributed by atoms with Crippen LogP contribution in [-0.2, 0) is 0 Å². The number of halogens is 3. The molecule has 0 fully saturated rings. The molecule has 0 bridgehead atoms. The zero-order valence-electron chi connectivity index (χ0n) is 8.93. The molecule has 1 aromatic carbocycles. The van der Waals surface area contributed by atoms with Crippen LogP contribution in [0, 0.1) is 6.92 Å². The van der Waals surface area contributed by atoms with E-state index in [0.717, 1.165) is 0 Å². The first-order chi connectivity index (χ1) is 7.79. The van der Waals surface area contributed by atoms with Crippen molar-refractivity contribution in [2.24, 2.45) is 0 Å². The average Bonchev–Trinajstić information content (AvgIpc) is 2.21. The van der Waals surface area contributed by atoms with Gasteiger partial charge in [-0.3, -0.25) is 0 Å². The van der Waals surface area contributed by atoms with Crippen LogP contribution < -0.4 is 10.6 Å². The third-order valence-corrected chi connectivity index (χ3v) is 2.00. The summed E-state index contributed by atoms with van der Waals surface area (Å²) in [5.74, 6) is -0.0429. The number of hydrogen-bond acceptors (Lipinski definition) is 2. The van der Waals surface area contributed by atoms with Crippen molar-refractivity contribution in [1.29, 1.82) is 0 Å². The fourth-order valence-corrected chi connectivity index (χ4v) is 1.11. The number of hydrogen-bond donors (Lipinski definition) is 3. The van der Waals surface area contributed by atoms with E-state index in [9.17, 15) is 23.1 Å². The minimum absolute atomic E-state index is 0.0429. The van der Waals surface area contributed by atoms with Crippen LogP contribution in [0.5, 0.6) is 5.75 Å². The maximum Gasteiger partial charge on any atom is 0.405 e. The summed E-state index contributed by atoms with van der Waals surface area (Å²) in [6, 6.07) is 3.38. The maximum atomic E-state index is 11.8. The van der Waals surface area contributed by atoms with Crippen molar-refractivity contribution < 1.29 is 23.1 Å². The van der Waals surface area contributed by atoms with Crippen molar-refractivity contribution in [1.82, 2.24) is 5.32 Å². The lowest BCUT2D eigenvalue weighted by atomic mass is 10.2. The van der Waals surface area contributed by atoms with Gasteiger partial charge < -0.3 is 15.7 Å². The van der Waals surface area contributed by atoms with E-state index in [0.29, 0.717) is 5.56 Å². The van der Waals surface area contributed by atoms with E-state index < -0.39 is 18.8 Å². The molecule has 3 N–H and O–H groups in total. The highest BCUT2D eigenvalue weighted by Crippen LogP contribution is 2.23. The van der Waals surface area contributed by atoms with Crippen molar-refractivity contribution in [2.45, 2.75) is 13.1 Å². The minimum atomic E-state index is -4.45. The zero-order chi connectivity index (χ0) is 13.1. The molecule has 0 saturated carbocycles. The maximum absolute atomic E-state index is 11.8. The van der Waals surface area contributed by atoms with Crippen LogP contribution in [0.25, 0.3) is 0 Å². The first-order valence-electron chi connectivity index (χ1n) is 4.70. The van der Waals surface area contributed by atoms with Gasteiger partial charge in [-0.05, 0) is 19.1 Å². The molecule has 0 saturated heterocycles. The number of phenols is 1. The molecule has 0 unspecified atom stereocenters. The molecule has 0 aromatic heterocycles. The summed E-state index contributed by atoms with van der Waals surface area (Å²) in [7, 11) is 0. The number of phenolic OH excluding ortho intramolecular Hbond substituents is 1. The number of benzene rings is 1. The fraction of sp³-hybridized carbons (Fsp3) is 0.300. The number of rotatable bonds is 2. The number of urea groups is 1. The van der Waals surface area contributed by atoms with Gasteiger partial charge >= 0.3 is 12.2 Å². The summed E-state index contributed by atoms with van der Waals surface area (Å²) < 4.78 is 35.4. The molecule has 17 heavy (non-hydrogen) atoms. The third-order valence-electron chi connectivity index (χ3n) is 2.00. The van der Waals surface area contributed by atoms with E-state index >= 15 is 0 Å². The highest BCUT2D eigenvalue weighted by Gasteiger charge is 2.27. The molecule has 2 amide bonds. The lowest BCUT2D eigenvalue weighted by Crippen LogP contribution is -2.36. The Morgan fingerprint density at radius 1 is 1.41 bits per heavy atom. The quantitative estimate of drug-likeness (QED) is 0.752. The fourth-order valence-electron chi connectivity index (χ4n) is 1.11. The SMILES string of the molecule is Cc1c(O)cccc1NC(=O)NCC(F)(F)F. The molecular weight excluding hydrogens is 237 g/mol. The van der Waals surface area contributed by atoms with Crippen LogP contribution in [0.1, 0.15) is 5.56 Å². The van der Waals surface area contributed by atoms with E-state index in [1.807, 2.05) is 0 Å². The van der Waals surface area contributed by atoms with Gasteiger partial charge in [0.15, 0.2) is 0 Å². The highest BCUT2D eigenvalue weighted by atomic mass is 19.4. The molecule has 0 radical (unpaired) electrons. The lowest BCUT2D eigenvalue weighted by molar-refractivity contribution is -0.122. The van der Waals surface area contributed by atoms with Crippen molar-refractivity contribution in [3.8, 4) is 5.75 Å². The van der Waals surface area contributed by atoms with Crippen molar-refractivity contribution >= 4 is 11.7 Å². The molecule has 0 atom stereocenters. The zero-order valence-corrected chi connectivity index (χ0v) is 8.93. The molecule has 0 aliphatic carbocycles. The van der Waals surface area contributed by atoms with Crippen LogP contribution in [0.15, 0.2) is 18.2 Å². The van der Waals surface area contributed by atoms with Crippen molar-refractivity contribution in [3.05, 3.63) is 23.8 Å². The molecule has 94 valence electrons. The predicted molar refractivity (Wildman–Crippen MR) is 55.9 cm³/mol. The number of carbonyl (C=O) groups is 1. The number of aromatic hydroxyl groups is 1. The molecule has 0 heterocycles. The van der Waals surface area contributed by atoms with E-state index in [4.69, 9.17) is 0 Å². The summed E-state index contributed by atoms with van der Waals surface area (Å²) in [6.07, 6.45) is -4.45. The van der Waals surface area contributed by atoms with Gasteiger partial charge in [-0.15, -0.1) is 0 Å². The van der Waals surface area contributed by atoms with Crippen LogP contribution in [0.3, 0.4) is 0 Å². The Labute approximate surface area is 95.4 Å². The Bertz CT molecular complexity index is 419. The van der Waals surface area contributed by atoms with Gasteiger partial charge in [-0.2, -0.15) is 13.2 Å². The second-order valence-corrected chi connectivity index (χ2v) is 3.37. The Kier molecular flexibility index (Phi) is 3.82. The number of carbonyl (C=O) groups excluding carboxylic acids is 1. The van der Waals surface area contributed by atoms with Gasteiger partial charge in [-0.25, -0.2) is 4.79 Å². The van der Waals surface area contributed by atoms with Crippen LogP contribution in [-0.4, -0.2) is 23.9 Å². The number of alkyl halides is 3. The van der Waals surface area contributed by atoms with Crippen LogP contribution in [0.2, 0.25) is 0 Å². The topological polar surface area (TPSA) is 61.4 Å². The van der Waals surface area contributed by atoms with Crippen LogP contribution >= 0.6 is 0 Å². The van der Waals surface area contributed by atoms with Crippen molar-refractivity contribution in [3.63, 3.8) is 0 Å². The van der Waals surface area contributed by atoms with E-state index in [1.165, 1.54) is 25.1 Å². The van der Waals surface area contributed by atoms with Gasteiger partial charge in [0.1, 0.15) is 12.3 Å². The number of amides is 2. The Hall–Kier alpha value is -1.92. The summed E-state index contributed by atoms with van der Waals surface area (Å²) in [5, 5.41) is 13.2. The monoisotopic (exact) mass is 248 g/mol. The standard InChI is InChI=1S/C10H11F3N2O2/c1-6-7(3-2-4-8(6)16)15-9(17)14-5-10(11,12)13/h2-4,16H,5H2,1H3,(H2,14,15,17). The van der Waals surface area contributed by atoms with E-state index in [2.05, 4.69) is 5.32 Å². The highest BCUT2D eigenvalue weighted by molar-refractivity contribution is 5.90. The predicted octanol–water partition coefficient (Wildman–Crippen LogP) is 2.38. The number of anilines is 1. The van der Waals surface area contributed by atoms with Gasteiger partial charge in [0.2, 0.25) is 0 Å². The molecule has 0 spiro atoms. The van der Waals surface area contributed by atoms with Gasteiger partial charge in [0.25, 0.3) is 0 Å². The Morgan fingerprint density at radius 2 is 2.06 bits per heavy atom. The van der Waals surface area contributed by atoms with Gasteiger partial charge in [-0.1, -0.05) is 6.07 Å². The second kappa shape index (κ2) is 4.94. The summed E-state index contributed by atoms with van der Waals surface area (Å²) >= 11 is 0. The first kappa shape index (κ1) is 13.1. The normalized spacial score (nSPS) is 11.1. The molecule has 7 heteroatoms. The lowest BCUT2D eigenvalue weighted by Gasteiger charge is -2.11.